The highest BCUT2D eigenvalue weighted by molar-refractivity contribution is 6.09. The van der Waals surface area contributed by atoms with Crippen LogP contribution in [-0.2, 0) is 13.5 Å². The molecule has 132 valence electrons. The molecule has 0 N–H and O–H groups in total. The molecular formula is C24H26NO+. The van der Waals surface area contributed by atoms with Gasteiger partial charge in [0.2, 0.25) is 5.69 Å². The van der Waals surface area contributed by atoms with Crippen LogP contribution in [0.5, 0.6) is 0 Å². The normalized spacial score (nSPS) is 11.8. The van der Waals surface area contributed by atoms with E-state index in [4.69, 9.17) is 4.42 Å². The van der Waals surface area contributed by atoms with Crippen molar-refractivity contribution in [3.05, 3.63) is 65.4 Å². The quantitative estimate of drug-likeness (QED) is 0.423. The van der Waals surface area contributed by atoms with Gasteiger partial charge in [-0.25, -0.2) is 4.57 Å². The summed E-state index contributed by atoms with van der Waals surface area (Å²) in [5, 5.41) is 2.37. The van der Waals surface area contributed by atoms with E-state index in [0.717, 1.165) is 17.6 Å². The van der Waals surface area contributed by atoms with Gasteiger partial charge in [-0.3, -0.25) is 0 Å². The highest BCUT2D eigenvalue weighted by Crippen LogP contribution is 2.37. The molecule has 0 saturated heterocycles. The van der Waals surface area contributed by atoms with Crippen LogP contribution in [0.3, 0.4) is 0 Å². The molecule has 26 heavy (non-hydrogen) atoms. The van der Waals surface area contributed by atoms with Gasteiger partial charge in [-0.2, -0.15) is 0 Å². The molecular weight excluding hydrogens is 318 g/mol. The molecule has 0 spiro atoms. The summed E-state index contributed by atoms with van der Waals surface area (Å²) >= 11 is 0. The van der Waals surface area contributed by atoms with Crippen LogP contribution >= 0.6 is 0 Å². The number of para-hydroxylation sites is 1. The van der Waals surface area contributed by atoms with Crippen molar-refractivity contribution in [3.63, 3.8) is 0 Å². The van der Waals surface area contributed by atoms with Crippen LogP contribution < -0.4 is 4.57 Å². The van der Waals surface area contributed by atoms with Crippen molar-refractivity contribution in [1.29, 1.82) is 0 Å². The predicted octanol–water partition coefficient (Wildman–Crippen LogP) is 5.89. The van der Waals surface area contributed by atoms with Crippen molar-refractivity contribution >= 4 is 21.9 Å². The zero-order chi connectivity index (χ0) is 18.4. The smallest absolute Gasteiger partial charge is 0.216 e. The van der Waals surface area contributed by atoms with Crippen LogP contribution in [0.2, 0.25) is 0 Å². The number of pyridine rings is 1. The average molecular weight is 344 g/mol. The van der Waals surface area contributed by atoms with E-state index >= 15 is 0 Å². The minimum Gasteiger partial charge on any atom is -0.455 e. The first-order valence-corrected chi connectivity index (χ1v) is 9.36. The molecule has 2 aromatic carbocycles. The number of hydrogen-bond donors (Lipinski definition) is 0. The van der Waals surface area contributed by atoms with Crippen molar-refractivity contribution < 1.29 is 8.98 Å². The van der Waals surface area contributed by atoms with Gasteiger partial charge in [0, 0.05) is 22.4 Å². The summed E-state index contributed by atoms with van der Waals surface area (Å²) in [5.41, 5.74) is 8.34. The lowest BCUT2D eigenvalue weighted by Gasteiger charge is -2.11. The molecule has 0 unspecified atom stereocenters. The SMILES string of the molecule is Cc1cc(-c2c(C)ccc3c2oc2ccccc23)[n+](C)cc1CC(C)C. The summed E-state index contributed by atoms with van der Waals surface area (Å²) in [7, 11) is 2.14. The Morgan fingerprint density at radius 2 is 1.73 bits per heavy atom. The summed E-state index contributed by atoms with van der Waals surface area (Å²) in [4.78, 5) is 0. The monoisotopic (exact) mass is 344 g/mol. The number of furan rings is 1. The number of aromatic nitrogens is 1. The third-order valence-corrected chi connectivity index (χ3v) is 5.23. The highest BCUT2D eigenvalue weighted by Gasteiger charge is 2.22. The summed E-state index contributed by atoms with van der Waals surface area (Å²) < 4.78 is 8.54. The van der Waals surface area contributed by atoms with E-state index in [1.54, 1.807) is 0 Å². The molecule has 0 saturated carbocycles. The lowest BCUT2D eigenvalue weighted by Crippen LogP contribution is -2.32. The second kappa shape index (κ2) is 6.28. The van der Waals surface area contributed by atoms with Crippen LogP contribution in [-0.4, -0.2) is 0 Å². The Hall–Kier alpha value is -2.61. The molecule has 0 aliphatic rings. The predicted molar refractivity (Wildman–Crippen MR) is 108 cm³/mol. The van der Waals surface area contributed by atoms with Crippen molar-refractivity contribution in [2.45, 2.75) is 34.1 Å². The van der Waals surface area contributed by atoms with Gasteiger partial charge >= 0.3 is 0 Å². The fourth-order valence-corrected chi connectivity index (χ4v) is 3.91. The third kappa shape index (κ3) is 2.70. The van der Waals surface area contributed by atoms with E-state index in [-0.39, 0.29) is 0 Å². The maximum atomic E-state index is 6.30. The van der Waals surface area contributed by atoms with Gasteiger partial charge in [0.05, 0.1) is 5.56 Å². The van der Waals surface area contributed by atoms with E-state index in [9.17, 15) is 0 Å². The van der Waals surface area contributed by atoms with Crippen LogP contribution in [0.25, 0.3) is 33.2 Å². The van der Waals surface area contributed by atoms with Gasteiger partial charge < -0.3 is 4.42 Å². The Labute approximate surface area is 155 Å². The van der Waals surface area contributed by atoms with Crippen LogP contribution in [0.15, 0.2) is 53.1 Å². The molecule has 0 atom stereocenters. The Bertz CT molecular complexity index is 1120. The zero-order valence-corrected chi connectivity index (χ0v) is 16.3. The maximum absolute atomic E-state index is 6.30. The molecule has 0 radical (unpaired) electrons. The molecule has 2 aromatic heterocycles. The fraction of sp³-hybridized carbons (Fsp3) is 0.292. The van der Waals surface area contributed by atoms with E-state index in [2.05, 4.69) is 75.8 Å². The maximum Gasteiger partial charge on any atom is 0.216 e. The molecule has 2 nitrogen and oxygen atoms in total. The van der Waals surface area contributed by atoms with E-state index in [0.29, 0.717) is 5.92 Å². The molecule has 0 fully saturated rings. The van der Waals surface area contributed by atoms with Crippen molar-refractivity contribution in [2.75, 3.05) is 0 Å². The number of rotatable bonds is 3. The van der Waals surface area contributed by atoms with Crippen molar-refractivity contribution in [3.8, 4) is 11.3 Å². The topological polar surface area (TPSA) is 17.0 Å². The molecule has 0 amide bonds. The fourth-order valence-electron chi connectivity index (χ4n) is 3.91. The van der Waals surface area contributed by atoms with E-state index < -0.39 is 0 Å². The van der Waals surface area contributed by atoms with E-state index in [1.807, 2.05) is 12.1 Å². The first-order chi connectivity index (χ1) is 12.5. The van der Waals surface area contributed by atoms with Gasteiger partial charge in [0.25, 0.3) is 0 Å². The Morgan fingerprint density at radius 1 is 0.962 bits per heavy atom. The summed E-state index contributed by atoms with van der Waals surface area (Å²) in [5.74, 6) is 0.653. The van der Waals surface area contributed by atoms with Crippen LogP contribution in [0, 0.1) is 19.8 Å². The molecule has 4 aromatic rings. The van der Waals surface area contributed by atoms with Crippen molar-refractivity contribution in [1.82, 2.24) is 0 Å². The zero-order valence-electron chi connectivity index (χ0n) is 16.3. The van der Waals surface area contributed by atoms with Gasteiger partial charge in [-0.05, 0) is 43.4 Å². The number of benzene rings is 2. The standard InChI is InChI=1S/C24H26NO/c1-15(2)12-18-14-25(5)21(13-17(18)4)23-16(3)10-11-20-19-8-6-7-9-22(19)26-24(20)23/h6-11,13-15H,12H2,1-5H3/q+1. The van der Waals surface area contributed by atoms with E-state index in [1.165, 1.54) is 38.7 Å². The molecule has 4 rings (SSSR count). The minimum atomic E-state index is 0.653. The second-order valence-corrected chi connectivity index (χ2v) is 7.81. The lowest BCUT2D eigenvalue weighted by atomic mass is 9.96. The van der Waals surface area contributed by atoms with Crippen LogP contribution in [0.4, 0.5) is 0 Å². The van der Waals surface area contributed by atoms with Gasteiger partial charge in [0.1, 0.15) is 18.2 Å². The highest BCUT2D eigenvalue weighted by atomic mass is 16.3. The van der Waals surface area contributed by atoms with Crippen molar-refractivity contribution in [2.24, 2.45) is 13.0 Å². The first-order valence-electron chi connectivity index (χ1n) is 9.36. The number of aryl methyl sites for hydroxylation is 3. The summed E-state index contributed by atoms with van der Waals surface area (Å²) in [6.45, 7) is 8.92. The third-order valence-electron chi connectivity index (χ3n) is 5.23. The second-order valence-electron chi connectivity index (χ2n) is 7.81. The number of nitrogens with zero attached hydrogens (tertiary/aromatic N) is 1. The Kier molecular flexibility index (Phi) is 4.07. The van der Waals surface area contributed by atoms with Gasteiger partial charge in [-0.15, -0.1) is 0 Å². The first kappa shape index (κ1) is 16.8. The Morgan fingerprint density at radius 3 is 2.50 bits per heavy atom. The Balaban J connectivity index is 1.99. The van der Waals surface area contributed by atoms with Crippen LogP contribution in [0.1, 0.15) is 30.5 Å². The molecule has 0 aliphatic carbocycles. The number of hydrogen-bond acceptors (Lipinski definition) is 1. The minimum absolute atomic E-state index is 0.653. The molecule has 2 heteroatoms. The molecule has 2 heterocycles. The molecule has 0 aliphatic heterocycles. The van der Waals surface area contributed by atoms with Gasteiger partial charge in [0.15, 0.2) is 6.20 Å². The summed E-state index contributed by atoms with van der Waals surface area (Å²) in [6.07, 6.45) is 3.39. The largest absolute Gasteiger partial charge is 0.455 e. The molecule has 0 bridgehead atoms. The number of fused-ring (bicyclic) bond motifs is 3. The lowest BCUT2D eigenvalue weighted by molar-refractivity contribution is -0.660. The summed E-state index contributed by atoms with van der Waals surface area (Å²) in [6, 6.07) is 15.0. The van der Waals surface area contributed by atoms with Gasteiger partial charge in [-0.1, -0.05) is 44.2 Å². The average Bonchev–Trinajstić information content (AvgIpc) is 2.96.